The smallest absolute Gasteiger partial charge is 0.123 e. The minimum atomic E-state index is -0.233. The van der Waals surface area contributed by atoms with E-state index in [0.717, 1.165) is 24.1 Å². The Morgan fingerprint density at radius 2 is 1.95 bits per heavy atom. The van der Waals surface area contributed by atoms with Crippen LogP contribution in [-0.4, -0.2) is 9.78 Å². The first-order valence-electron chi connectivity index (χ1n) is 6.73. The largest absolute Gasteiger partial charge is 0.272 e. The zero-order chi connectivity index (χ0) is 14.7. The molecule has 0 amide bonds. The van der Waals surface area contributed by atoms with E-state index >= 15 is 0 Å². The van der Waals surface area contributed by atoms with Gasteiger partial charge in [-0.15, -0.1) is 0 Å². The average molecular weight is 276 g/mol. The fourth-order valence-corrected chi connectivity index (χ4v) is 2.51. The molecule has 0 aliphatic rings. The zero-order valence-corrected chi connectivity index (χ0v) is 12.2. The van der Waals surface area contributed by atoms with Crippen LogP contribution in [0.1, 0.15) is 35.0 Å². The number of hydrogen-bond acceptors (Lipinski definition) is 3. The van der Waals surface area contributed by atoms with E-state index in [1.165, 1.54) is 23.4 Å². The molecular formula is C15H21FN4. The minimum absolute atomic E-state index is 0.00889. The number of nitrogens with zero attached hydrogens (tertiary/aromatic N) is 2. The quantitative estimate of drug-likeness (QED) is 0.651. The van der Waals surface area contributed by atoms with Gasteiger partial charge in [0.25, 0.3) is 0 Å². The molecule has 0 bridgehead atoms. The molecular weight excluding hydrogens is 255 g/mol. The van der Waals surface area contributed by atoms with Crippen molar-refractivity contribution in [1.82, 2.24) is 15.2 Å². The molecule has 1 aromatic heterocycles. The molecule has 3 N–H and O–H groups in total. The van der Waals surface area contributed by atoms with Gasteiger partial charge in [-0.1, -0.05) is 12.1 Å². The summed E-state index contributed by atoms with van der Waals surface area (Å²) in [5, 5.41) is 4.41. The fourth-order valence-electron chi connectivity index (χ4n) is 2.51. The molecule has 5 heteroatoms. The van der Waals surface area contributed by atoms with Crippen LogP contribution in [0.2, 0.25) is 0 Å². The summed E-state index contributed by atoms with van der Waals surface area (Å²) in [7, 11) is 1.95. The molecule has 4 nitrogen and oxygen atoms in total. The second-order valence-corrected chi connectivity index (χ2v) is 5.08. The summed E-state index contributed by atoms with van der Waals surface area (Å²) in [6, 6.07) is 6.46. The third-order valence-electron chi connectivity index (χ3n) is 3.82. The molecule has 1 heterocycles. The number of hydrogen-bond donors (Lipinski definition) is 2. The Balaban J connectivity index is 2.09. The molecule has 2 rings (SSSR count). The van der Waals surface area contributed by atoms with Crippen molar-refractivity contribution in [3.63, 3.8) is 0 Å². The molecule has 0 aliphatic carbocycles. The maximum absolute atomic E-state index is 13.0. The lowest BCUT2D eigenvalue weighted by molar-refractivity contribution is 0.513. The first-order chi connectivity index (χ1) is 9.52. The molecule has 0 spiro atoms. The normalized spacial score (nSPS) is 12.7. The van der Waals surface area contributed by atoms with Crippen LogP contribution in [0, 0.1) is 19.7 Å². The van der Waals surface area contributed by atoms with Crippen LogP contribution in [0.15, 0.2) is 24.3 Å². The molecule has 1 aromatic carbocycles. The number of nitrogens with two attached hydrogens (primary N) is 1. The number of benzene rings is 1. The van der Waals surface area contributed by atoms with Gasteiger partial charge in [-0.2, -0.15) is 5.10 Å². The highest BCUT2D eigenvalue weighted by molar-refractivity contribution is 5.26. The van der Waals surface area contributed by atoms with E-state index in [4.69, 9.17) is 5.84 Å². The van der Waals surface area contributed by atoms with Gasteiger partial charge in [0.05, 0.1) is 5.69 Å². The van der Waals surface area contributed by atoms with Crippen molar-refractivity contribution in [3.05, 3.63) is 52.6 Å². The molecule has 0 radical (unpaired) electrons. The van der Waals surface area contributed by atoms with Crippen molar-refractivity contribution >= 4 is 0 Å². The Bertz CT molecular complexity index is 574. The van der Waals surface area contributed by atoms with Gasteiger partial charge in [0.2, 0.25) is 0 Å². The highest BCUT2D eigenvalue weighted by atomic mass is 19.1. The van der Waals surface area contributed by atoms with E-state index in [1.54, 1.807) is 12.1 Å². The first-order valence-corrected chi connectivity index (χ1v) is 6.73. The number of aryl methyl sites for hydroxylation is 2. The SMILES string of the molecule is Cc1nn(C)c(C)c1CCC(NN)c1ccc(F)cc1. The molecule has 0 fully saturated rings. The molecule has 0 aliphatic heterocycles. The Labute approximate surface area is 118 Å². The van der Waals surface area contributed by atoms with Gasteiger partial charge >= 0.3 is 0 Å². The van der Waals surface area contributed by atoms with E-state index in [1.807, 2.05) is 18.7 Å². The summed E-state index contributed by atoms with van der Waals surface area (Å²) in [4.78, 5) is 0. The first kappa shape index (κ1) is 14.7. The van der Waals surface area contributed by atoms with Crippen LogP contribution in [0.3, 0.4) is 0 Å². The van der Waals surface area contributed by atoms with E-state index in [9.17, 15) is 4.39 Å². The highest BCUT2D eigenvalue weighted by Gasteiger charge is 2.14. The number of halogens is 1. The van der Waals surface area contributed by atoms with Gasteiger partial charge in [0.15, 0.2) is 0 Å². The Hall–Kier alpha value is -1.72. The average Bonchev–Trinajstić information content (AvgIpc) is 2.67. The molecule has 1 atom stereocenters. The van der Waals surface area contributed by atoms with Gasteiger partial charge < -0.3 is 0 Å². The Morgan fingerprint density at radius 3 is 2.45 bits per heavy atom. The van der Waals surface area contributed by atoms with Crippen molar-refractivity contribution in [2.75, 3.05) is 0 Å². The van der Waals surface area contributed by atoms with E-state index < -0.39 is 0 Å². The topological polar surface area (TPSA) is 55.9 Å². The molecule has 1 unspecified atom stereocenters. The van der Waals surface area contributed by atoms with Crippen LogP contribution >= 0.6 is 0 Å². The maximum atomic E-state index is 13.0. The zero-order valence-electron chi connectivity index (χ0n) is 12.2. The van der Waals surface area contributed by atoms with Crippen molar-refractivity contribution in [2.45, 2.75) is 32.7 Å². The van der Waals surface area contributed by atoms with Crippen molar-refractivity contribution in [2.24, 2.45) is 12.9 Å². The van der Waals surface area contributed by atoms with Crippen LogP contribution in [0.5, 0.6) is 0 Å². The van der Waals surface area contributed by atoms with Gasteiger partial charge in [0.1, 0.15) is 5.82 Å². The molecule has 108 valence electrons. The molecule has 2 aromatic rings. The highest BCUT2D eigenvalue weighted by Crippen LogP contribution is 2.21. The predicted octanol–water partition coefficient (Wildman–Crippen LogP) is 2.31. The van der Waals surface area contributed by atoms with Crippen LogP contribution in [0.4, 0.5) is 4.39 Å². The third kappa shape index (κ3) is 3.05. The van der Waals surface area contributed by atoms with Crippen molar-refractivity contribution in [1.29, 1.82) is 0 Å². The van der Waals surface area contributed by atoms with Gasteiger partial charge in [-0.25, -0.2) is 4.39 Å². The van der Waals surface area contributed by atoms with Crippen molar-refractivity contribution < 1.29 is 4.39 Å². The maximum Gasteiger partial charge on any atom is 0.123 e. The Morgan fingerprint density at radius 1 is 1.30 bits per heavy atom. The molecule has 0 saturated heterocycles. The van der Waals surface area contributed by atoms with Crippen molar-refractivity contribution in [3.8, 4) is 0 Å². The summed E-state index contributed by atoms with van der Waals surface area (Å²) in [6.07, 6.45) is 1.73. The van der Waals surface area contributed by atoms with Crippen LogP contribution in [0.25, 0.3) is 0 Å². The lowest BCUT2D eigenvalue weighted by Crippen LogP contribution is -2.28. The van der Waals surface area contributed by atoms with Crippen LogP contribution < -0.4 is 11.3 Å². The van der Waals surface area contributed by atoms with E-state index in [0.29, 0.717) is 0 Å². The third-order valence-corrected chi connectivity index (χ3v) is 3.82. The number of rotatable bonds is 5. The number of nitrogens with one attached hydrogen (secondary N) is 1. The second-order valence-electron chi connectivity index (χ2n) is 5.08. The predicted molar refractivity (Wildman–Crippen MR) is 77.5 cm³/mol. The summed E-state index contributed by atoms with van der Waals surface area (Å²) in [5.41, 5.74) is 7.29. The second kappa shape index (κ2) is 6.15. The minimum Gasteiger partial charge on any atom is -0.272 e. The van der Waals surface area contributed by atoms with Gasteiger partial charge in [-0.3, -0.25) is 16.0 Å². The molecule has 0 saturated carbocycles. The number of aromatic nitrogens is 2. The lowest BCUT2D eigenvalue weighted by atomic mass is 9.98. The Kier molecular flexibility index (Phi) is 4.52. The van der Waals surface area contributed by atoms with Gasteiger partial charge in [-0.05, 0) is 49.9 Å². The monoisotopic (exact) mass is 276 g/mol. The summed E-state index contributed by atoms with van der Waals surface area (Å²) in [6.45, 7) is 4.09. The standard InChI is InChI=1S/C15H21FN4/c1-10-14(11(2)20(3)19-10)8-9-15(18-17)12-4-6-13(16)7-5-12/h4-7,15,18H,8-9,17H2,1-3H3. The number of hydrazine groups is 1. The summed E-state index contributed by atoms with van der Waals surface area (Å²) >= 11 is 0. The van der Waals surface area contributed by atoms with Gasteiger partial charge in [0, 0.05) is 18.8 Å². The van der Waals surface area contributed by atoms with E-state index in [-0.39, 0.29) is 11.9 Å². The van der Waals surface area contributed by atoms with E-state index in [2.05, 4.69) is 17.4 Å². The fraction of sp³-hybridized carbons (Fsp3) is 0.400. The summed E-state index contributed by atoms with van der Waals surface area (Å²) < 4.78 is 14.8. The summed E-state index contributed by atoms with van der Waals surface area (Å²) in [5.74, 6) is 5.39. The molecule has 20 heavy (non-hydrogen) atoms. The lowest BCUT2D eigenvalue weighted by Gasteiger charge is -2.16. The van der Waals surface area contributed by atoms with Crippen LogP contribution in [-0.2, 0) is 13.5 Å².